The van der Waals surface area contributed by atoms with Crippen molar-refractivity contribution in [3.05, 3.63) is 76.8 Å². The summed E-state index contributed by atoms with van der Waals surface area (Å²) in [5.74, 6) is 0. The van der Waals surface area contributed by atoms with E-state index in [9.17, 15) is 10.1 Å². The topological polar surface area (TPSA) is 55.2 Å². The van der Waals surface area contributed by atoms with Crippen molar-refractivity contribution in [2.45, 2.75) is 9.79 Å². The van der Waals surface area contributed by atoms with Gasteiger partial charge in [-0.05, 0) is 23.8 Å². The zero-order valence-corrected chi connectivity index (χ0v) is 12.8. The molecule has 4 rings (SSSR count). The van der Waals surface area contributed by atoms with E-state index in [1.807, 2.05) is 36.4 Å². The van der Waals surface area contributed by atoms with Crippen LogP contribution in [-0.2, 0) is 0 Å². The number of rotatable bonds is 2. The van der Waals surface area contributed by atoms with E-state index in [2.05, 4.69) is 17.4 Å². The number of hydrogen-bond donors (Lipinski definition) is 1. The normalized spacial score (nSPS) is 12.0. The third-order valence-electron chi connectivity index (χ3n) is 3.76. The molecule has 1 aliphatic heterocycles. The molecule has 0 aliphatic carbocycles. The van der Waals surface area contributed by atoms with Gasteiger partial charge in [-0.2, -0.15) is 0 Å². The quantitative estimate of drug-likeness (QED) is 0.393. The summed E-state index contributed by atoms with van der Waals surface area (Å²) in [6, 6.07) is 20.9. The zero-order chi connectivity index (χ0) is 15.8. The molecule has 0 unspecified atom stereocenters. The van der Waals surface area contributed by atoms with Gasteiger partial charge in [0.2, 0.25) is 0 Å². The molecule has 3 aromatic carbocycles. The Morgan fingerprint density at radius 3 is 2.57 bits per heavy atom. The highest BCUT2D eigenvalue weighted by molar-refractivity contribution is 7.99. The Kier molecular flexibility index (Phi) is 3.28. The lowest BCUT2D eigenvalue weighted by atomic mass is 10.0. The van der Waals surface area contributed by atoms with Crippen molar-refractivity contribution >= 4 is 28.8 Å². The van der Waals surface area contributed by atoms with Gasteiger partial charge in [0.05, 0.1) is 16.3 Å². The minimum absolute atomic E-state index is 0.101. The van der Waals surface area contributed by atoms with Crippen molar-refractivity contribution < 1.29 is 4.92 Å². The second-order valence-electron chi connectivity index (χ2n) is 5.21. The van der Waals surface area contributed by atoms with E-state index in [4.69, 9.17) is 0 Å². The molecule has 112 valence electrons. The van der Waals surface area contributed by atoms with Gasteiger partial charge in [0.1, 0.15) is 0 Å². The second-order valence-corrected chi connectivity index (χ2v) is 6.29. The Morgan fingerprint density at radius 2 is 1.70 bits per heavy atom. The molecule has 3 aromatic rings. The van der Waals surface area contributed by atoms with Gasteiger partial charge in [0, 0.05) is 27.5 Å². The monoisotopic (exact) mass is 320 g/mol. The van der Waals surface area contributed by atoms with Crippen LogP contribution in [0.1, 0.15) is 0 Å². The number of nitro groups is 1. The van der Waals surface area contributed by atoms with Crippen LogP contribution in [0.15, 0.2) is 76.5 Å². The predicted molar refractivity (Wildman–Crippen MR) is 92.4 cm³/mol. The SMILES string of the molecule is O=[N+]([O-])c1cccc(-c2cccc3c2Nc2ccccc2S3)c1. The Balaban J connectivity index is 1.84. The number of para-hydroxylation sites is 2. The van der Waals surface area contributed by atoms with Crippen LogP contribution in [0, 0.1) is 10.1 Å². The molecule has 0 spiro atoms. The number of anilines is 2. The van der Waals surface area contributed by atoms with Gasteiger partial charge in [-0.25, -0.2) is 0 Å². The Bertz CT molecular complexity index is 924. The molecule has 1 aliphatic rings. The van der Waals surface area contributed by atoms with E-state index in [-0.39, 0.29) is 10.6 Å². The summed E-state index contributed by atoms with van der Waals surface area (Å²) >= 11 is 1.71. The smallest absolute Gasteiger partial charge is 0.270 e. The summed E-state index contributed by atoms with van der Waals surface area (Å²) in [7, 11) is 0. The molecule has 0 radical (unpaired) electrons. The summed E-state index contributed by atoms with van der Waals surface area (Å²) < 4.78 is 0. The summed E-state index contributed by atoms with van der Waals surface area (Å²) in [5.41, 5.74) is 3.96. The van der Waals surface area contributed by atoms with Gasteiger partial charge >= 0.3 is 0 Å². The fourth-order valence-electron chi connectivity index (χ4n) is 2.68. The number of hydrogen-bond acceptors (Lipinski definition) is 4. The largest absolute Gasteiger partial charge is 0.353 e. The Morgan fingerprint density at radius 1 is 0.913 bits per heavy atom. The molecule has 23 heavy (non-hydrogen) atoms. The summed E-state index contributed by atoms with van der Waals surface area (Å²) in [6.07, 6.45) is 0. The molecule has 5 heteroatoms. The van der Waals surface area contributed by atoms with E-state index < -0.39 is 0 Å². The lowest BCUT2D eigenvalue weighted by Gasteiger charge is -2.23. The van der Waals surface area contributed by atoms with Crippen molar-refractivity contribution in [1.82, 2.24) is 0 Å². The first-order valence-corrected chi connectivity index (χ1v) is 7.96. The molecular weight excluding hydrogens is 308 g/mol. The fourth-order valence-corrected chi connectivity index (χ4v) is 3.71. The molecule has 0 fully saturated rings. The minimum atomic E-state index is -0.365. The number of nitro benzene ring substituents is 1. The molecule has 4 nitrogen and oxygen atoms in total. The lowest BCUT2D eigenvalue weighted by molar-refractivity contribution is -0.384. The van der Waals surface area contributed by atoms with E-state index in [0.717, 1.165) is 27.4 Å². The predicted octanol–water partition coefficient (Wildman–Crippen LogP) is 5.47. The summed E-state index contributed by atoms with van der Waals surface area (Å²) in [4.78, 5) is 13.0. The third-order valence-corrected chi connectivity index (χ3v) is 4.90. The van der Waals surface area contributed by atoms with Crippen LogP contribution in [0.25, 0.3) is 11.1 Å². The molecule has 0 aromatic heterocycles. The second kappa shape index (κ2) is 5.44. The highest BCUT2D eigenvalue weighted by atomic mass is 32.2. The summed E-state index contributed by atoms with van der Waals surface area (Å²) in [5, 5.41) is 14.5. The van der Waals surface area contributed by atoms with Crippen molar-refractivity contribution in [3.63, 3.8) is 0 Å². The number of benzene rings is 3. The first-order chi connectivity index (χ1) is 11.2. The third kappa shape index (κ3) is 2.45. The van der Waals surface area contributed by atoms with Crippen molar-refractivity contribution in [2.24, 2.45) is 0 Å². The van der Waals surface area contributed by atoms with E-state index in [1.54, 1.807) is 23.9 Å². The maximum absolute atomic E-state index is 11.0. The molecular formula is C18H12N2O2S. The van der Waals surface area contributed by atoms with Gasteiger partial charge in [-0.1, -0.05) is 48.2 Å². The van der Waals surface area contributed by atoms with Crippen LogP contribution in [0.5, 0.6) is 0 Å². The minimum Gasteiger partial charge on any atom is -0.353 e. The number of nitrogens with one attached hydrogen (secondary N) is 1. The first kappa shape index (κ1) is 13.8. The van der Waals surface area contributed by atoms with Crippen molar-refractivity contribution in [2.75, 3.05) is 5.32 Å². The van der Waals surface area contributed by atoms with E-state index >= 15 is 0 Å². The van der Waals surface area contributed by atoms with Gasteiger partial charge in [0.15, 0.2) is 0 Å². The van der Waals surface area contributed by atoms with Crippen LogP contribution >= 0.6 is 11.8 Å². The van der Waals surface area contributed by atoms with Crippen molar-refractivity contribution in [1.29, 1.82) is 0 Å². The molecule has 0 atom stereocenters. The van der Waals surface area contributed by atoms with E-state index in [0.29, 0.717) is 0 Å². The van der Waals surface area contributed by atoms with Gasteiger partial charge in [-0.15, -0.1) is 0 Å². The highest BCUT2D eigenvalue weighted by Gasteiger charge is 2.19. The Hall–Kier alpha value is -2.79. The number of non-ortho nitro benzene ring substituents is 1. The average Bonchev–Trinajstić information content (AvgIpc) is 2.59. The maximum atomic E-state index is 11.0. The zero-order valence-electron chi connectivity index (χ0n) is 12.0. The van der Waals surface area contributed by atoms with Gasteiger partial charge < -0.3 is 5.32 Å². The standard InChI is InChI=1S/C18H12N2O2S/c21-20(22)13-6-3-5-12(11-13)14-7-4-10-17-18(14)19-15-8-1-2-9-16(15)23-17/h1-11,19H. The number of fused-ring (bicyclic) bond motifs is 2. The van der Waals surface area contributed by atoms with Gasteiger partial charge in [-0.3, -0.25) is 10.1 Å². The molecule has 0 saturated carbocycles. The summed E-state index contributed by atoms with van der Waals surface area (Å²) in [6.45, 7) is 0. The highest BCUT2D eigenvalue weighted by Crippen LogP contribution is 2.47. The first-order valence-electron chi connectivity index (χ1n) is 7.14. The van der Waals surface area contributed by atoms with E-state index in [1.165, 1.54) is 11.0 Å². The molecule has 0 saturated heterocycles. The molecule has 1 heterocycles. The van der Waals surface area contributed by atoms with Crippen LogP contribution in [0.2, 0.25) is 0 Å². The lowest BCUT2D eigenvalue weighted by Crippen LogP contribution is -2.01. The van der Waals surface area contributed by atoms with Crippen LogP contribution < -0.4 is 5.32 Å². The Labute approximate surface area is 137 Å². The molecule has 1 N–H and O–H groups in total. The maximum Gasteiger partial charge on any atom is 0.270 e. The van der Waals surface area contributed by atoms with Gasteiger partial charge in [0.25, 0.3) is 5.69 Å². The average molecular weight is 320 g/mol. The van der Waals surface area contributed by atoms with Crippen LogP contribution in [0.3, 0.4) is 0 Å². The molecule has 0 amide bonds. The van der Waals surface area contributed by atoms with Crippen LogP contribution in [0.4, 0.5) is 17.1 Å². The van der Waals surface area contributed by atoms with Crippen LogP contribution in [-0.4, -0.2) is 4.92 Å². The van der Waals surface area contributed by atoms with Crippen molar-refractivity contribution in [3.8, 4) is 11.1 Å². The molecule has 0 bridgehead atoms. The fraction of sp³-hybridized carbons (Fsp3) is 0. The number of nitrogens with zero attached hydrogens (tertiary/aromatic N) is 1.